The molecule has 2 N–H and O–H groups in total. The van der Waals surface area contributed by atoms with Crippen molar-refractivity contribution in [2.45, 2.75) is 19.8 Å². The van der Waals surface area contributed by atoms with E-state index in [1.807, 2.05) is 98.8 Å². The van der Waals surface area contributed by atoms with Crippen molar-refractivity contribution < 1.29 is 4.74 Å². The second-order valence-corrected chi connectivity index (χ2v) is 8.85. The molecule has 0 fully saturated rings. The van der Waals surface area contributed by atoms with Gasteiger partial charge in [0, 0.05) is 17.3 Å². The zero-order valence-electron chi connectivity index (χ0n) is 20.8. The third-order valence-corrected chi connectivity index (χ3v) is 6.42. The van der Waals surface area contributed by atoms with E-state index in [9.17, 15) is 9.59 Å². The van der Waals surface area contributed by atoms with Gasteiger partial charge in [-0.2, -0.15) is 0 Å². The molecule has 0 amide bonds. The predicted molar refractivity (Wildman–Crippen MR) is 145 cm³/mol. The Bertz CT molecular complexity index is 1540. The number of para-hydroxylation sites is 2. The lowest BCUT2D eigenvalue weighted by atomic mass is 9.85. The van der Waals surface area contributed by atoms with Crippen molar-refractivity contribution in [3.05, 3.63) is 146 Å². The maximum atomic E-state index is 13.9. The van der Waals surface area contributed by atoms with Crippen LogP contribution in [0.3, 0.4) is 0 Å². The fraction of sp³-hybridized carbons (Fsp3) is 0.133. The van der Waals surface area contributed by atoms with E-state index < -0.39 is 5.92 Å². The lowest BCUT2D eigenvalue weighted by Crippen LogP contribution is -2.25. The van der Waals surface area contributed by atoms with E-state index in [2.05, 4.69) is 16.8 Å². The number of aromatic amines is 2. The second kappa shape index (κ2) is 10.1. The molecule has 2 aromatic heterocycles. The van der Waals surface area contributed by atoms with Gasteiger partial charge >= 0.3 is 0 Å². The summed E-state index contributed by atoms with van der Waals surface area (Å²) in [5.74, 6) is 0.0817. The fourth-order valence-electron chi connectivity index (χ4n) is 4.71. The van der Waals surface area contributed by atoms with E-state index in [-0.39, 0.29) is 11.1 Å². The molecule has 3 aromatic carbocycles. The predicted octanol–water partition coefficient (Wildman–Crippen LogP) is 5.01. The van der Waals surface area contributed by atoms with Gasteiger partial charge in [0.05, 0.1) is 22.5 Å². The van der Waals surface area contributed by atoms with E-state index in [1.165, 1.54) is 9.36 Å². The molecular formula is C30H28N4O3. The number of benzene rings is 3. The molecule has 5 rings (SSSR count). The monoisotopic (exact) mass is 492 g/mol. The van der Waals surface area contributed by atoms with Gasteiger partial charge in [0.15, 0.2) is 0 Å². The molecular weight excluding hydrogens is 464 g/mol. The molecule has 7 nitrogen and oxygen atoms in total. The van der Waals surface area contributed by atoms with Crippen molar-refractivity contribution in [1.29, 1.82) is 0 Å². The van der Waals surface area contributed by atoms with Gasteiger partial charge in [0.2, 0.25) is 0 Å². The van der Waals surface area contributed by atoms with Crippen LogP contribution in [-0.2, 0) is 0 Å². The minimum Gasteiger partial charge on any atom is -0.490 e. The van der Waals surface area contributed by atoms with Crippen LogP contribution in [0.25, 0.3) is 11.4 Å². The highest BCUT2D eigenvalue weighted by Crippen LogP contribution is 2.33. The number of hydrogen-bond donors (Lipinski definition) is 2. The first-order valence-electron chi connectivity index (χ1n) is 12.1. The average Bonchev–Trinajstić information content (AvgIpc) is 3.39. The van der Waals surface area contributed by atoms with E-state index in [0.717, 1.165) is 16.9 Å². The van der Waals surface area contributed by atoms with Gasteiger partial charge in [-0.15, -0.1) is 0 Å². The smallest absolute Gasteiger partial charge is 0.275 e. The Morgan fingerprint density at radius 2 is 1.22 bits per heavy atom. The Hall–Kier alpha value is -4.78. The lowest BCUT2D eigenvalue weighted by molar-refractivity contribution is 0.363. The van der Waals surface area contributed by atoms with Gasteiger partial charge in [-0.25, -0.2) is 9.36 Å². The molecule has 7 heteroatoms. The second-order valence-electron chi connectivity index (χ2n) is 8.85. The van der Waals surface area contributed by atoms with Crippen LogP contribution in [0.1, 0.15) is 34.0 Å². The van der Waals surface area contributed by atoms with Gasteiger partial charge in [-0.1, -0.05) is 61.2 Å². The standard InChI is InChI=1S/C30H28N4O3/c1-4-19-37-25-17-15-22(16-18-25)28(26-20(2)31-33(29(26)35)23-11-7-5-8-12-23)27-21(3)32-34(30(27)36)24-13-9-6-10-14-24/h4-18,28,31-32H,1,19H2,2-3H3. The number of nitrogens with zero attached hydrogens (tertiary/aromatic N) is 2. The molecule has 0 radical (unpaired) electrons. The lowest BCUT2D eigenvalue weighted by Gasteiger charge is -2.16. The highest BCUT2D eigenvalue weighted by Gasteiger charge is 2.30. The molecule has 0 aliphatic carbocycles. The molecule has 37 heavy (non-hydrogen) atoms. The van der Waals surface area contributed by atoms with Gasteiger partial charge in [0.1, 0.15) is 12.4 Å². The van der Waals surface area contributed by atoms with Gasteiger partial charge < -0.3 is 4.74 Å². The fourth-order valence-corrected chi connectivity index (χ4v) is 4.71. The highest BCUT2D eigenvalue weighted by molar-refractivity contribution is 5.48. The van der Waals surface area contributed by atoms with Crippen molar-refractivity contribution in [1.82, 2.24) is 19.6 Å². The summed E-state index contributed by atoms with van der Waals surface area (Å²) in [5.41, 5.74) is 4.27. The molecule has 0 bridgehead atoms. The molecule has 0 aliphatic rings. The normalized spacial score (nSPS) is 11.1. The molecule has 186 valence electrons. The van der Waals surface area contributed by atoms with Crippen molar-refractivity contribution >= 4 is 0 Å². The number of H-pyrrole nitrogens is 2. The Morgan fingerprint density at radius 1 is 0.757 bits per heavy atom. The van der Waals surface area contributed by atoms with Gasteiger partial charge in [0.25, 0.3) is 11.1 Å². The summed E-state index contributed by atoms with van der Waals surface area (Å²) in [6.07, 6.45) is 1.68. The third kappa shape index (κ3) is 4.47. The van der Waals surface area contributed by atoms with Crippen molar-refractivity contribution in [3.8, 4) is 17.1 Å². The molecule has 0 saturated carbocycles. The number of aromatic nitrogens is 4. The van der Waals surface area contributed by atoms with E-state index in [0.29, 0.717) is 34.9 Å². The number of ether oxygens (including phenoxy) is 1. The van der Waals surface area contributed by atoms with Crippen LogP contribution in [0.2, 0.25) is 0 Å². The van der Waals surface area contributed by atoms with Crippen LogP contribution in [0.4, 0.5) is 0 Å². The van der Waals surface area contributed by atoms with Crippen LogP contribution in [0, 0.1) is 13.8 Å². The van der Waals surface area contributed by atoms with Crippen LogP contribution in [-0.4, -0.2) is 26.2 Å². The SMILES string of the molecule is C=CCOc1ccc(C(c2c(C)[nH]n(-c3ccccc3)c2=O)c2c(C)[nH]n(-c3ccccc3)c2=O)cc1. The summed E-state index contributed by atoms with van der Waals surface area (Å²) in [7, 11) is 0. The molecule has 0 saturated heterocycles. The Labute approximate surface area is 214 Å². The third-order valence-electron chi connectivity index (χ3n) is 6.42. The zero-order chi connectivity index (χ0) is 25.9. The summed E-state index contributed by atoms with van der Waals surface area (Å²) < 4.78 is 8.71. The first kappa shape index (κ1) is 23.9. The maximum Gasteiger partial charge on any atom is 0.275 e. The Kier molecular flexibility index (Phi) is 6.51. The quantitative estimate of drug-likeness (QED) is 0.299. The summed E-state index contributed by atoms with van der Waals surface area (Å²) in [4.78, 5) is 27.7. The number of aryl methyl sites for hydroxylation is 2. The van der Waals surface area contributed by atoms with Crippen molar-refractivity contribution in [2.24, 2.45) is 0 Å². The summed E-state index contributed by atoms with van der Waals surface area (Å²) in [6.45, 7) is 7.80. The van der Waals surface area contributed by atoms with Crippen LogP contribution in [0.15, 0.2) is 107 Å². The molecule has 0 spiro atoms. The minimum absolute atomic E-state index is 0.202. The molecule has 2 heterocycles. The summed E-state index contributed by atoms with van der Waals surface area (Å²) in [5, 5.41) is 6.43. The number of rotatable bonds is 8. The number of nitrogens with one attached hydrogen (secondary N) is 2. The largest absolute Gasteiger partial charge is 0.490 e. The average molecular weight is 493 g/mol. The first-order chi connectivity index (χ1) is 18.0. The molecule has 0 aliphatic heterocycles. The zero-order valence-corrected chi connectivity index (χ0v) is 20.8. The van der Waals surface area contributed by atoms with Gasteiger partial charge in [-0.05, 0) is 55.8 Å². The van der Waals surface area contributed by atoms with Crippen LogP contribution in [0.5, 0.6) is 5.75 Å². The first-order valence-corrected chi connectivity index (χ1v) is 12.1. The maximum absolute atomic E-state index is 13.9. The summed E-state index contributed by atoms with van der Waals surface area (Å²) in [6, 6.07) is 26.3. The van der Waals surface area contributed by atoms with Crippen molar-refractivity contribution in [2.75, 3.05) is 6.61 Å². The summed E-state index contributed by atoms with van der Waals surface area (Å²) >= 11 is 0. The van der Waals surface area contributed by atoms with Crippen LogP contribution < -0.4 is 15.9 Å². The highest BCUT2D eigenvalue weighted by atomic mass is 16.5. The molecule has 5 aromatic rings. The van der Waals surface area contributed by atoms with E-state index in [4.69, 9.17) is 4.74 Å². The Morgan fingerprint density at radius 3 is 1.65 bits per heavy atom. The van der Waals surface area contributed by atoms with Crippen LogP contribution >= 0.6 is 0 Å². The molecule has 0 atom stereocenters. The number of hydrogen-bond acceptors (Lipinski definition) is 3. The van der Waals surface area contributed by atoms with E-state index in [1.54, 1.807) is 6.08 Å². The van der Waals surface area contributed by atoms with E-state index >= 15 is 0 Å². The topological polar surface area (TPSA) is 84.8 Å². The Balaban J connectivity index is 1.72. The minimum atomic E-state index is -0.601. The molecule has 0 unspecified atom stereocenters. The van der Waals surface area contributed by atoms with Gasteiger partial charge in [-0.3, -0.25) is 19.8 Å². The van der Waals surface area contributed by atoms with Crippen molar-refractivity contribution in [3.63, 3.8) is 0 Å².